The van der Waals surface area contributed by atoms with Gasteiger partial charge in [0.1, 0.15) is 12.1 Å². The smallest absolute Gasteiger partial charge is 0.326 e. The van der Waals surface area contributed by atoms with Gasteiger partial charge < -0.3 is 42.2 Å². The van der Waals surface area contributed by atoms with Gasteiger partial charge in [-0.15, -0.1) is 0 Å². The van der Waals surface area contributed by atoms with Crippen molar-refractivity contribution in [2.24, 2.45) is 22.2 Å². The summed E-state index contributed by atoms with van der Waals surface area (Å²) in [5.74, 6) is -1.94. The van der Waals surface area contributed by atoms with E-state index in [0.717, 1.165) is 0 Å². The summed E-state index contributed by atoms with van der Waals surface area (Å²) in [6.45, 7) is 0.619. The third-order valence-corrected chi connectivity index (χ3v) is 4.80. The number of hydrogen-bond donors (Lipinski definition) is 6. The largest absolute Gasteiger partial charge is 0.481 e. The molecule has 9 N–H and O–H groups in total. The lowest BCUT2D eigenvalue weighted by Crippen LogP contribution is -2.47. The van der Waals surface area contributed by atoms with E-state index in [1.54, 1.807) is 0 Å². The van der Waals surface area contributed by atoms with Gasteiger partial charge in [0.05, 0.1) is 6.04 Å². The van der Waals surface area contributed by atoms with Crippen LogP contribution < -0.4 is 22.5 Å². The number of amides is 2. The molecule has 1 aliphatic heterocycles. The molecule has 0 radical (unpaired) electrons. The highest BCUT2D eigenvalue weighted by atomic mass is 16.5. The van der Waals surface area contributed by atoms with Crippen LogP contribution in [0.1, 0.15) is 62.3 Å². The van der Waals surface area contributed by atoms with Gasteiger partial charge in [0, 0.05) is 19.5 Å². The highest BCUT2D eigenvalue weighted by Crippen LogP contribution is 2.23. The van der Waals surface area contributed by atoms with Gasteiger partial charge in [0.2, 0.25) is 5.89 Å². The standard InChI is InChI=1S/C17H28N8O6/c18-9(5-6-12(26)27)13-23-14(31-24-13)10(3-1-7-21-16(19)20)22-17(30)25-8-2-4-11(25)15(28)29/h9-11H,1-8,18H2,(H,22,30)(H,26,27)(H,28,29)(H4,19,20,21)/t9-,10-,11-/m0/s1. The van der Waals surface area contributed by atoms with Crippen LogP contribution in [0, 0.1) is 0 Å². The number of nitrogens with two attached hydrogens (primary N) is 3. The Bertz CT molecular complexity index is 808. The number of carboxylic acid groups (broad SMARTS) is 2. The van der Waals surface area contributed by atoms with Crippen LogP contribution in [0.4, 0.5) is 4.79 Å². The average molecular weight is 440 g/mol. The zero-order valence-electron chi connectivity index (χ0n) is 16.9. The van der Waals surface area contributed by atoms with Crippen molar-refractivity contribution < 1.29 is 29.1 Å². The second-order valence-corrected chi connectivity index (χ2v) is 7.17. The molecule has 0 unspecified atom stereocenters. The van der Waals surface area contributed by atoms with Crippen molar-refractivity contribution in [3.8, 4) is 0 Å². The second-order valence-electron chi connectivity index (χ2n) is 7.17. The number of aliphatic imine (C=N–C) groups is 1. The molecule has 1 aliphatic rings. The SMILES string of the molecule is NC(N)=NCCC[C@H](NC(=O)N1CCC[C@H]1C(=O)O)c1nc([C@@H](N)CCC(=O)O)no1. The van der Waals surface area contributed by atoms with Gasteiger partial charge in [0.25, 0.3) is 0 Å². The van der Waals surface area contributed by atoms with Gasteiger partial charge in [-0.1, -0.05) is 5.16 Å². The summed E-state index contributed by atoms with van der Waals surface area (Å²) in [6.07, 6.45) is 1.72. The number of carboxylic acids is 2. The van der Waals surface area contributed by atoms with Crippen LogP contribution in [-0.2, 0) is 9.59 Å². The van der Waals surface area contributed by atoms with Crippen LogP contribution in [0.25, 0.3) is 0 Å². The predicted molar refractivity (Wildman–Crippen MR) is 107 cm³/mol. The molecule has 2 amide bonds. The first-order valence-electron chi connectivity index (χ1n) is 9.85. The minimum atomic E-state index is -1.07. The van der Waals surface area contributed by atoms with Crippen LogP contribution >= 0.6 is 0 Å². The van der Waals surface area contributed by atoms with Crippen molar-refractivity contribution >= 4 is 23.9 Å². The normalized spacial score (nSPS) is 17.7. The van der Waals surface area contributed by atoms with E-state index in [1.165, 1.54) is 4.90 Å². The topological polar surface area (TPSA) is 236 Å². The summed E-state index contributed by atoms with van der Waals surface area (Å²) in [5, 5.41) is 24.6. The van der Waals surface area contributed by atoms with E-state index in [9.17, 15) is 19.5 Å². The third kappa shape index (κ3) is 7.09. The summed E-state index contributed by atoms with van der Waals surface area (Å²) in [4.78, 5) is 44.2. The molecule has 172 valence electrons. The molecule has 1 aromatic heterocycles. The molecule has 1 saturated heterocycles. The van der Waals surface area contributed by atoms with Crippen molar-refractivity contribution in [1.29, 1.82) is 0 Å². The molecule has 0 aromatic carbocycles. The molecule has 0 saturated carbocycles. The molecule has 1 fully saturated rings. The summed E-state index contributed by atoms with van der Waals surface area (Å²) in [5.41, 5.74) is 16.5. The molecule has 2 heterocycles. The Morgan fingerprint density at radius 2 is 2.03 bits per heavy atom. The predicted octanol–water partition coefficient (Wildman–Crippen LogP) is -0.712. The Hall–Kier alpha value is -3.42. The van der Waals surface area contributed by atoms with E-state index < -0.39 is 36.1 Å². The fourth-order valence-electron chi connectivity index (χ4n) is 3.21. The molecule has 3 atom stereocenters. The molecule has 0 aliphatic carbocycles. The quantitative estimate of drug-likeness (QED) is 0.143. The van der Waals surface area contributed by atoms with Gasteiger partial charge >= 0.3 is 18.0 Å². The number of likely N-dealkylation sites (tertiary alicyclic amines) is 1. The summed E-state index contributed by atoms with van der Waals surface area (Å²) in [7, 11) is 0. The third-order valence-electron chi connectivity index (χ3n) is 4.80. The fraction of sp³-hybridized carbons (Fsp3) is 0.647. The van der Waals surface area contributed by atoms with Crippen LogP contribution in [0.5, 0.6) is 0 Å². The van der Waals surface area contributed by atoms with Crippen LogP contribution in [-0.4, -0.2) is 68.3 Å². The lowest BCUT2D eigenvalue weighted by atomic mass is 10.1. The minimum Gasteiger partial charge on any atom is -0.481 e. The Labute approximate surface area is 177 Å². The van der Waals surface area contributed by atoms with Gasteiger partial charge in [-0.3, -0.25) is 9.79 Å². The molecule has 0 spiro atoms. The van der Waals surface area contributed by atoms with E-state index in [-0.39, 0.29) is 30.5 Å². The van der Waals surface area contributed by atoms with E-state index in [1.807, 2.05) is 0 Å². The number of guanidine groups is 1. The monoisotopic (exact) mass is 440 g/mol. The van der Waals surface area contributed by atoms with E-state index in [4.69, 9.17) is 26.8 Å². The highest BCUT2D eigenvalue weighted by molar-refractivity contribution is 5.83. The number of carbonyl (C=O) groups is 3. The Kier molecular flexibility index (Phi) is 8.54. The van der Waals surface area contributed by atoms with Crippen molar-refractivity contribution in [2.45, 2.75) is 56.7 Å². The molecule has 14 heteroatoms. The Balaban J connectivity index is 2.11. The van der Waals surface area contributed by atoms with Gasteiger partial charge in [-0.2, -0.15) is 4.98 Å². The summed E-state index contributed by atoms with van der Waals surface area (Å²) in [6, 6.07) is -2.94. The van der Waals surface area contributed by atoms with Gasteiger partial charge in [0.15, 0.2) is 11.8 Å². The van der Waals surface area contributed by atoms with Crippen LogP contribution in [0.15, 0.2) is 9.52 Å². The van der Waals surface area contributed by atoms with E-state index in [2.05, 4.69) is 20.4 Å². The molecular weight excluding hydrogens is 412 g/mol. The maximum Gasteiger partial charge on any atom is 0.326 e. The van der Waals surface area contributed by atoms with Crippen molar-refractivity contribution in [3.05, 3.63) is 11.7 Å². The first kappa shape index (κ1) is 23.9. The van der Waals surface area contributed by atoms with Gasteiger partial charge in [-0.25, -0.2) is 9.59 Å². The molecule has 2 rings (SSSR count). The molecule has 0 bridgehead atoms. The number of aliphatic carboxylic acids is 2. The number of urea groups is 1. The molecular formula is C17H28N8O6. The number of hydrogen-bond acceptors (Lipinski definition) is 8. The van der Waals surface area contributed by atoms with Crippen molar-refractivity contribution in [3.63, 3.8) is 0 Å². The van der Waals surface area contributed by atoms with E-state index >= 15 is 0 Å². The highest BCUT2D eigenvalue weighted by Gasteiger charge is 2.35. The second kappa shape index (κ2) is 11.1. The van der Waals surface area contributed by atoms with Crippen molar-refractivity contribution in [2.75, 3.05) is 13.1 Å². The number of rotatable bonds is 11. The number of nitrogens with one attached hydrogen (secondary N) is 1. The zero-order chi connectivity index (χ0) is 23.0. The van der Waals surface area contributed by atoms with Gasteiger partial charge in [-0.05, 0) is 32.1 Å². The lowest BCUT2D eigenvalue weighted by Gasteiger charge is -2.24. The zero-order valence-corrected chi connectivity index (χ0v) is 16.9. The van der Waals surface area contributed by atoms with E-state index in [0.29, 0.717) is 38.8 Å². The maximum atomic E-state index is 12.7. The fourth-order valence-corrected chi connectivity index (χ4v) is 3.21. The van der Waals surface area contributed by atoms with Crippen molar-refractivity contribution in [1.82, 2.24) is 20.4 Å². The first-order valence-corrected chi connectivity index (χ1v) is 9.85. The number of nitrogens with zero attached hydrogens (tertiary/aromatic N) is 4. The minimum absolute atomic E-state index is 0.0635. The first-order chi connectivity index (χ1) is 14.7. The molecule has 1 aromatic rings. The Morgan fingerprint density at radius 3 is 2.68 bits per heavy atom. The van der Waals surface area contributed by atoms with Crippen LogP contribution in [0.3, 0.4) is 0 Å². The lowest BCUT2D eigenvalue weighted by molar-refractivity contribution is -0.141. The molecule has 31 heavy (non-hydrogen) atoms. The average Bonchev–Trinajstić information content (AvgIpc) is 3.38. The summed E-state index contributed by atoms with van der Waals surface area (Å²) >= 11 is 0. The molecule has 14 nitrogen and oxygen atoms in total. The maximum absolute atomic E-state index is 12.7. The Morgan fingerprint density at radius 1 is 1.29 bits per heavy atom. The number of carbonyl (C=O) groups excluding carboxylic acids is 1. The number of aromatic nitrogens is 2. The van der Waals surface area contributed by atoms with Crippen LogP contribution in [0.2, 0.25) is 0 Å². The summed E-state index contributed by atoms with van der Waals surface area (Å²) < 4.78 is 5.25.